The number of aromatic nitrogens is 2. The molecule has 6 nitrogen and oxygen atoms in total. The van der Waals surface area contributed by atoms with Gasteiger partial charge in [-0.25, -0.2) is 4.98 Å². The molecule has 25 heavy (non-hydrogen) atoms. The van der Waals surface area contributed by atoms with Crippen LogP contribution in [0.5, 0.6) is 0 Å². The van der Waals surface area contributed by atoms with Gasteiger partial charge in [-0.15, -0.1) is 0 Å². The number of halogens is 1. The van der Waals surface area contributed by atoms with Crippen LogP contribution in [-0.2, 0) is 11.2 Å². The van der Waals surface area contributed by atoms with E-state index in [1.165, 1.54) is 0 Å². The molecule has 130 valence electrons. The Balaban J connectivity index is 2.16. The Morgan fingerprint density at radius 3 is 2.88 bits per heavy atom. The van der Waals surface area contributed by atoms with Gasteiger partial charge in [0.1, 0.15) is 11.6 Å². The lowest BCUT2D eigenvalue weighted by atomic mass is 10.2. The van der Waals surface area contributed by atoms with Gasteiger partial charge in [-0.2, -0.15) is 5.26 Å². The molecule has 2 aromatic rings. The number of carbonyl (C=O) groups excluding carboxylic acids is 1. The molecule has 1 atom stereocenters. The fraction of sp³-hybridized carbons (Fsp3) is 0.294. The van der Waals surface area contributed by atoms with Gasteiger partial charge < -0.3 is 10.3 Å². The number of rotatable bonds is 5. The highest BCUT2D eigenvalue weighted by atomic mass is 35.5. The van der Waals surface area contributed by atoms with E-state index in [9.17, 15) is 9.59 Å². The van der Waals surface area contributed by atoms with Crippen molar-refractivity contribution in [2.75, 3.05) is 5.32 Å². The van der Waals surface area contributed by atoms with Crippen molar-refractivity contribution in [2.45, 2.75) is 37.6 Å². The zero-order chi connectivity index (χ0) is 18.6. The largest absolute Gasteiger partial charge is 0.325 e. The summed E-state index contributed by atoms with van der Waals surface area (Å²) in [5, 5.41) is 12.2. The van der Waals surface area contributed by atoms with Crippen LogP contribution in [0.15, 0.2) is 28.2 Å². The highest BCUT2D eigenvalue weighted by molar-refractivity contribution is 8.00. The van der Waals surface area contributed by atoms with Gasteiger partial charge >= 0.3 is 0 Å². The predicted octanol–water partition coefficient (Wildman–Crippen LogP) is 3.29. The van der Waals surface area contributed by atoms with Crippen molar-refractivity contribution in [3.05, 3.63) is 50.4 Å². The molecule has 0 saturated carbocycles. The van der Waals surface area contributed by atoms with Crippen LogP contribution >= 0.6 is 23.4 Å². The number of nitriles is 1. The number of benzene rings is 1. The Morgan fingerprint density at radius 2 is 2.24 bits per heavy atom. The molecule has 8 heteroatoms. The number of H-pyrrole nitrogens is 1. The summed E-state index contributed by atoms with van der Waals surface area (Å²) in [5.41, 5.74) is 1.48. The van der Waals surface area contributed by atoms with Gasteiger partial charge in [0.2, 0.25) is 5.91 Å². The summed E-state index contributed by atoms with van der Waals surface area (Å²) in [6.07, 6.45) is 0.461. The van der Waals surface area contributed by atoms with Gasteiger partial charge in [-0.05, 0) is 38.0 Å². The summed E-state index contributed by atoms with van der Waals surface area (Å²) in [6, 6.07) is 7.11. The Bertz CT molecular complexity index is 904. The van der Waals surface area contributed by atoms with Crippen molar-refractivity contribution in [3.63, 3.8) is 0 Å². The molecule has 0 aliphatic heterocycles. The molecule has 0 bridgehead atoms. The normalized spacial score (nSPS) is 11.6. The summed E-state index contributed by atoms with van der Waals surface area (Å²) in [7, 11) is 0. The van der Waals surface area contributed by atoms with Gasteiger partial charge in [0.15, 0.2) is 5.16 Å². The molecular weight excluding hydrogens is 360 g/mol. The van der Waals surface area contributed by atoms with Crippen LogP contribution in [-0.4, -0.2) is 21.1 Å². The summed E-state index contributed by atoms with van der Waals surface area (Å²) in [6.45, 7) is 5.40. The molecule has 1 aromatic heterocycles. The van der Waals surface area contributed by atoms with E-state index >= 15 is 0 Å². The molecule has 0 aliphatic carbocycles. The van der Waals surface area contributed by atoms with E-state index in [1.807, 2.05) is 26.0 Å². The molecule has 1 heterocycles. The topological polar surface area (TPSA) is 98.6 Å². The number of aryl methyl sites for hydroxylation is 2. The quantitative estimate of drug-likeness (QED) is 0.616. The second-order valence-electron chi connectivity index (χ2n) is 5.37. The molecule has 2 N–H and O–H groups in total. The molecule has 0 spiro atoms. The van der Waals surface area contributed by atoms with Crippen LogP contribution in [0.3, 0.4) is 0 Å². The maximum absolute atomic E-state index is 12.4. The number of nitrogens with one attached hydrogen (secondary N) is 2. The third-order valence-corrected chi connectivity index (χ3v) is 4.75. The van der Waals surface area contributed by atoms with E-state index < -0.39 is 10.8 Å². The Morgan fingerprint density at radius 1 is 1.52 bits per heavy atom. The average Bonchev–Trinajstić information content (AvgIpc) is 2.57. The molecule has 1 aromatic carbocycles. The second-order valence-corrected chi connectivity index (χ2v) is 7.13. The van der Waals surface area contributed by atoms with Crippen molar-refractivity contribution < 1.29 is 4.79 Å². The number of hydrogen-bond donors (Lipinski definition) is 2. The number of thioether (sulfide) groups is 1. The Labute approximate surface area is 154 Å². The zero-order valence-electron chi connectivity index (χ0n) is 14.0. The van der Waals surface area contributed by atoms with Crippen molar-refractivity contribution in [1.82, 2.24) is 9.97 Å². The number of hydrogen-bond acceptors (Lipinski definition) is 5. The molecule has 0 aliphatic rings. The van der Waals surface area contributed by atoms with Crippen molar-refractivity contribution >= 4 is 35.0 Å². The van der Waals surface area contributed by atoms with Crippen LogP contribution in [0.2, 0.25) is 5.02 Å². The van der Waals surface area contributed by atoms with Crippen LogP contribution < -0.4 is 10.9 Å². The summed E-state index contributed by atoms with van der Waals surface area (Å²) in [5.74, 6) is -0.236. The Hall–Kier alpha value is -2.30. The van der Waals surface area contributed by atoms with E-state index in [0.29, 0.717) is 28.0 Å². The third kappa shape index (κ3) is 4.62. The maximum Gasteiger partial charge on any atom is 0.269 e. The van der Waals surface area contributed by atoms with Crippen LogP contribution in [0, 0.1) is 18.3 Å². The van der Waals surface area contributed by atoms with Crippen LogP contribution in [0.1, 0.15) is 30.7 Å². The van der Waals surface area contributed by atoms with Gasteiger partial charge in [0, 0.05) is 10.7 Å². The van der Waals surface area contributed by atoms with E-state index in [-0.39, 0.29) is 11.5 Å². The van der Waals surface area contributed by atoms with E-state index in [2.05, 4.69) is 15.3 Å². The maximum atomic E-state index is 12.4. The zero-order valence-corrected chi connectivity index (χ0v) is 15.6. The minimum atomic E-state index is -0.501. The van der Waals surface area contributed by atoms with Gasteiger partial charge in [0.25, 0.3) is 5.56 Å². The number of carbonyl (C=O) groups is 1. The first kappa shape index (κ1) is 19.0. The summed E-state index contributed by atoms with van der Waals surface area (Å²) in [4.78, 5) is 31.1. The monoisotopic (exact) mass is 376 g/mol. The van der Waals surface area contributed by atoms with Gasteiger partial charge in [-0.1, -0.05) is 36.4 Å². The fourth-order valence-electron chi connectivity index (χ4n) is 2.11. The summed E-state index contributed by atoms with van der Waals surface area (Å²) >= 11 is 7.08. The van der Waals surface area contributed by atoms with Crippen molar-refractivity contribution in [2.24, 2.45) is 0 Å². The summed E-state index contributed by atoms with van der Waals surface area (Å²) < 4.78 is 0. The number of nitrogens with zero attached hydrogens (tertiary/aromatic N) is 2. The van der Waals surface area contributed by atoms with Crippen LogP contribution in [0.4, 0.5) is 5.69 Å². The molecule has 0 radical (unpaired) electrons. The molecular formula is C17H17ClN4O2S. The average molecular weight is 377 g/mol. The number of anilines is 1. The van der Waals surface area contributed by atoms with E-state index in [1.54, 1.807) is 19.1 Å². The van der Waals surface area contributed by atoms with Gasteiger partial charge in [0.05, 0.1) is 10.9 Å². The fourth-order valence-corrected chi connectivity index (χ4v) is 3.10. The van der Waals surface area contributed by atoms with Crippen molar-refractivity contribution in [3.8, 4) is 6.07 Å². The predicted molar refractivity (Wildman–Crippen MR) is 99.1 cm³/mol. The standard InChI is InChI=1S/C17H17ClN4O2S/c1-4-13-12(8-19)16(24)22-17(21-13)25-10(3)15(23)20-14-7-11(18)6-5-9(14)2/h5-7,10H,4H2,1-3H3,(H,20,23)(H,21,22,24)/t10-/m1/s1. The highest BCUT2D eigenvalue weighted by Crippen LogP contribution is 2.24. The molecule has 0 unspecified atom stereocenters. The number of amides is 1. The first-order valence-electron chi connectivity index (χ1n) is 7.62. The molecule has 2 rings (SSSR count). The minimum absolute atomic E-state index is 0.0125. The molecule has 0 saturated heterocycles. The lowest BCUT2D eigenvalue weighted by molar-refractivity contribution is -0.115. The van der Waals surface area contributed by atoms with E-state index in [4.69, 9.17) is 16.9 Å². The molecule has 1 amide bonds. The minimum Gasteiger partial charge on any atom is -0.325 e. The van der Waals surface area contributed by atoms with Crippen LogP contribution in [0.25, 0.3) is 0 Å². The SMILES string of the molecule is CCc1nc(S[C@H](C)C(=O)Nc2cc(Cl)ccc2C)[nH]c(=O)c1C#N. The third-order valence-electron chi connectivity index (χ3n) is 3.53. The smallest absolute Gasteiger partial charge is 0.269 e. The highest BCUT2D eigenvalue weighted by Gasteiger charge is 2.18. The van der Waals surface area contributed by atoms with Gasteiger partial charge in [-0.3, -0.25) is 9.59 Å². The lowest BCUT2D eigenvalue weighted by Gasteiger charge is -2.13. The van der Waals surface area contributed by atoms with Crippen molar-refractivity contribution in [1.29, 1.82) is 5.26 Å². The van der Waals surface area contributed by atoms with E-state index in [0.717, 1.165) is 17.3 Å². The number of aromatic amines is 1. The Kier molecular flexibility index (Phi) is 6.23. The molecule has 0 fully saturated rings. The second kappa shape index (κ2) is 8.19. The first-order valence-corrected chi connectivity index (χ1v) is 8.88. The lowest BCUT2D eigenvalue weighted by Crippen LogP contribution is -2.24. The first-order chi connectivity index (χ1) is 11.8.